The lowest BCUT2D eigenvalue weighted by molar-refractivity contribution is -0.711. The highest BCUT2D eigenvalue weighted by atomic mass is 127. The SMILES string of the molecule is C=C(c1ccccc1)c1c(N)cc(CCCC)[n+](CCCC)c1CCCC.[I-]. The molecule has 1 heterocycles. The van der Waals surface area contributed by atoms with Gasteiger partial charge in [0.1, 0.15) is 6.54 Å². The van der Waals surface area contributed by atoms with Gasteiger partial charge in [-0.2, -0.15) is 4.57 Å². The molecule has 0 aliphatic heterocycles. The van der Waals surface area contributed by atoms with E-state index in [2.05, 4.69) is 62.2 Å². The zero-order valence-electron chi connectivity index (χ0n) is 17.9. The summed E-state index contributed by atoms with van der Waals surface area (Å²) in [5, 5.41) is 0. The predicted octanol–water partition coefficient (Wildman–Crippen LogP) is 3.11. The van der Waals surface area contributed by atoms with Crippen LogP contribution in [0.3, 0.4) is 0 Å². The number of unbranched alkanes of at least 4 members (excludes halogenated alkanes) is 3. The first kappa shape index (κ1) is 24.7. The van der Waals surface area contributed by atoms with E-state index in [9.17, 15) is 0 Å². The Morgan fingerprint density at radius 1 is 0.929 bits per heavy atom. The number of aromatic nitrogens is 1. The molecule has 0 fully saturated rings. The number of nitrogens with two attached hydrogens (primary N) is 1. The van der Waals surface area contributed by atoms with E-state index in [0.717, 1.165) is 41.8 Å². The number of hydrogen-bond acceptors (Lipinski definition) is 1. The van der Waals surface area contributed by atoms with Crippen molar-refractivity contribution >= 4 is 11.3 Å². The van der Waals surface area contributed by atoms with E-state index in [1.807, 2.05) is 6.07 Å². The lowest BCUT2D eigenvalue weighted by Gasteiger charge is -2.17. The van der Waals surface area contributed by atoms with Crippen LogP contribution in [0, 0.1) is 0 Å². The molecule has 0 unspecified atom stereocenters. The van der Waals surface area contributed by atoms with Gasteiger partial charge in [-0.25, -0.2) is 0 Å². The second-order valence-corrected chi connectivity index (χ2v) is 7.47. The summed E-state index contributed by atoms with van der Waals surface area (Å²) >= 11 is 0. The van der Waals surface area contributed by atoms with Gasteiger partial charge in [-0.05, 0) is 24.0 Å². The second kappa shape index (κ2) is 13.0. The van der Waals surface area contributed by atoms with Crippen molar-refractivity contribution in [3.05, 3.63) is 65.5 Å². The molecule has 0 amide bonds. The fourth-order valence-electron chi connectivity index (χ4n) is 3.70. The highest BCUT2D eigenvalue weighted by molar-refractivity contribution is 5.84. The number of aryl methyl sites for hydroxylation is 1. The number of benzene rings is 1. The van der Waals surface area contributed by atoms with Gasteiger partial charge < -0.3 is 29.7 Å². The van der Waals surface area contributed by atoms with Crippen LogP contribution in [0.2, 0.25) is 0 Å². The van der Waals surface area contributed by atoms with Crippen LogP contribution in [-0.2, 0) is 19.4 Å². The molecule has 0 aliphatic rings. The Labute approximate surface area is 189 Å². The van der Waals surface area contributed by atoms with Crippen molar-refractivity contribution in [3.63, 3.8) is 0 Å². The maximum absolute atomic E-state index is 6.63. The monoisotopic (exact) mass is 492 g/mol. The summed E-state index contributed by atoms with van der Waals surface area (Å²) in [6.45, 7) is 12.3. The average molecular weight is 492 g/mol. The first-order chi connectivity index (χ1) is 13.1. The number of rotatable bonds is 11. The molecule has 3 heteroatoms. The summed E-state index contributed by atoms with van der Waals surface area (Å²) < 4.78 is 2.56. The van der Waals surface area contributed by atoms with Crippen molar-refractivity contribution in [1.29, 1.82) is 0 Å². The third-order valence-corrected chi connectivity index (χ3v) is 5.28. The molecule has 154 valence electrons. The Morgan fingerprint density at radius 2 is 1.54 bits per heavy atom. The molecule has 2 N–H and O–H groups in total. The number of nitrogen functional groups attached to an aromatic ring is 1. The molecule has 0 radical (unpaired) electrons. The number of pyridine rings is 1. The summed E-state index contributed by atoms with van der Waals surface area (Å²) in [6.07, 6.45) is 9.33. The lowest BCUT2D eigenvalue weighted by Crippen LogP contribution is -3.00. The molecule has 0 spiro atoms. The van der Waals surface area contributed by atoms with Crippen LogP contribution >= 0.6 is 0 Å². The van der Waals surface area contributed by atoms with Gasteiger partial charge in [0.05, 0.1) is 11.3 Å². The number of halogens is 1. The van der Waals surface area contributed by atoms with Crippen LogP contribution in [-0.4, -0.2) is 0 Å². The van der Waals surface area contributed by atoms with Gasteiger partial charge in [-0.15, -0.1) is 0 Å². The molecule has 2 aromatic rings. The van der Waals surface area contributed by atoms with Crippen LogP contribution in [0.4, 0.5) is 5.69 Å². The molecule has 1 aromatic carbocycles. The highest BCUT2D eigenvalue weighted by Crippen LogP contribution is 2.30. The minimum absolute atomic E-state index is 0. The summed E-state index contributed by atoms with van der Waals surface area (Å²) in [4.78, 5) is 0. The molecule has 2 nitrogen and oxygen atoms in total. The van der Waals surface area contributed by atoms with Gasteiger partial charge in [0.2, 0.25) is 0 Å². The van der Waals surface area contributed by atoms with E-state index < -0.39 is 0 Å². The number of hydrogen-bond donors (Lipinski definition) is 1. The normalized spacial score (nSPS) is 10.5. The minimum Gasteiger partial charge on any atom is -1.00 e. The maximum atomic E-state index is 6.63. The molecule has 0 saturated heterocycles. The first-order valence-corrected chi connectivity index (χ1v) is 10.7. The number of nitrogens with zero attached hydrogens (tertiary/aromatic N) is 1. The first-order valence-electron chi connectivity index (χ1n) is 10.7. The fraction of sp³-hybridized carbons (Fsp3) is 0.480. The van der Waals surface area contributed by atoms with Gasteiger partial charge in [0.15, 0.2) is 11.4 Å². The Bertz CT molecular complexity index is 738. The lowest BCUT2D eigenvalue weighted by atomic mass is 9.93. The summed E-state index contributed by atoms with van der Waals surface area (Å²) in [7, 11) is 0. The molecule has 0 aliphatic carbocycles. The van der Waals surface area contributed by atoms with Crippen molar-refractivity contribution in [2.45, 2.75) is 78.7 Å². The molecular weight excluding hydrogens is 455 g/mol. The molecule has 0 saturated carbocycles. The van der Waals surface area contributed by atoms with Crippen LogP contribution in [0.15, 0.2) is 43.0 Å². The fourth-order valence-corrected chi connectivity index (χ4v) is 3.70. The summed E-state index contributed by atoms with van der Waals surface area (Å²) in [5.41, 5.74) is 13.6. The number of anilines is 1. The molecule has 0 bridgehead atoms. The minimum atomic E-state index is 0. The van der Waals surface area contributed by atoms with Crippen molar-refractivity contribution in [2.75, 3.05) is 5.73 Å². The van der Waals surface area contributed by atoms with Crippen molar-refractivity contribution in [1.82, 2.24) is 0 Å². The smallest absolute Gasteiger partial charge is 0.191 e. The zero-order chi connectivity index (χ0) is 19.6. The summed E-state index contributed by atoms with van der Waals surface area (Å²) in [6, 6.07) is 12.7. The van der Waals surface area contributed by atoms with Gasteiger partial charge >= 0.3 is 0 Å². The van der Waals surface area contributed by atoms with Gasteiger partial charge in [-0.3, -0.25) is 0 Å². The quantitative estimate of drug-likeness (QED) is 0.379. The zero-order valence-corrected chi connectivity index (χ0v) is 20.1. The van der Waals surface area contributed by atoms with Gasteiger partial charge in [-0.1, -0.05) is 76.9 Å². The topological polar surface area (TPSA) is 29.9 Å². The van der Waals surface area contributed by atoms with E-state index in [0.29, 0.717) is 0 Å². The van der Waals surface area contributed by atoms with Crippen LogP contribution < -0.4 is 34.3 Å². The Morgan fingerprint density at radius 3 is 2.14 bits per heavy atom. The van der Waals surface area contributed by atoms with E-state index in [-0.39, 0.29) is 24.0 Å². The van der Waals surface area contributed by atoms with Crippen LogP contribution in [0.5, 0.6) is 0 Å². The van der Waals surface area contributed by atoms with E-state index in [1.165, 1.54) is 49.9 Å². The van der Waals surface area contributed by atoms with Crippen molar-refractivity contribution in [3.8, 4) is 0 Å². The van der Waals surface area contributed by atoms with Crippen LogP contribution in [0.1, 0.15) is 81.8 Å². The van der Waals surface area contributed by atoms with E-state index in [1.54, 1.807) is 0 Å². The second-order valence-electron chi connectivity index (χ2n) is 7.47. The van der Waals surface area contributed by atoms with Crippen LogP contribution in [0.25, 0.3) is 5.57 Å². The third-order valence-electron chi connectivity index (χ3n) is 5.28. The average Bonchev–Trinajstić information content (AvgIpc) is 2.69. The predicted molar refractivity (Wildman–Crippen MR) is 118 cm³/mol. The standard InChI is InChI=1S/C25H36N2.HI/c1-5-8-16-22-19-23(26)25(20(4)21-14-12-11-13-15-21)24(17-9-6-2)27(22)18-10-7-3;/h11-15,19,26H,4-10,16-18H2,1-3H3;1H. The van der Waals surface area contributed by atoms with E-state index >= 15 is 0 Å². The molecule has 1 aromatic heterocycles. The third kappa shape index (κ3) is 6.33. The molecule has 28 heavy (non-hydrogen) atoms. The van der Waals surface area contributed by atoms with Gasteiger partial charge in [0, 0.05) is 25.3 Å². The van der Waals surface area contributed by atoms with Crippen molar-refractivity contribution in [2.24, 2.45) is 0 Å². The Balaban J connectivity index is 0.00000392. The molecule has 2 rings (SSSR count). The molecule has 0 atom stereocenters. The largest absolute Gasteiger partial charge is 1.00 e. The van der Waals surface area contributed by atoms with Gasteiger partial charge in [0.25, 0.3) is 0 Å². The maximum Gasteiger partial charge on any atom is 0.191 e. The van der Waals surface area contributed by atoms with Crippen molar-refractivity contribution < 1.29 is 28.5 Å². The van der Waals surface area contributed by atoms with E-state index in [4.69, 9.17) is 5.73 Å². The highest BCUT2D eigenvalue weighted by Gasteiger charge is 2.25. The Hall–Kier alpha value is -1.36. The molecular formula is C25H37IN2. The Kier molecular flexibility index (Phi) is 11.4. The summed E-state index contributed by atoms with van der Waals surface area (Å²) in [5.74, 6) is 0.